The molecule has 0 spiro atoms. The van der Waals surface area contributed by atoms with Crippen LogP contribution in [0.3, 0.4) is 0 Å². The zero-order valence-corrected chi connectivity index (χ0v) is 12.6. The number of methoxy groups -OCH3 is 1. The summed E-state index contributed by atoms with van der Waals surface area (Å²) in [4.78, 5) is 0. The van der Waals surface area contributed by atoms with Gasteiger partial charge in [-0.15, -0.1) is 0 Å². The van der Waals surface area contributed by atoms with Crippen molar-refractivity contribution in [1.29, 1.82) is 0 Å². The SMILES string of the molecule is COc1ccc(C(NCCC(C)O)c2ccccc2)cc1. The van der Waals surface area contributed by atoms with Crippen molar-refractivity contribution in [3.8, 4) is 5.75 Å². The highest BCUT2D eigenvalue weighted by Gasteiger charge is 2.13. The number of ether oxygens (including phenoxy) is 1. The van der Waals surface area contributed by atoms with Crippen LogP contribution in [0.5, 0.6) is 5.75 Å². The molecule has 2 atom stereocenters. The highest BCUT2D eigenvalue weighted by atomic mass is 16.5. The van der Waals surface area contributed by atoms with Crippen molar-refractivity contribution >= 4 is 0 Å². The predicted molar refractivity (Wildman–Crippen MR) is 85.6 cm³/mol. The molecular formula is C18H23NO2. The second kappa shape index (κ2) is 7.81. The molecule has 0 bridgehead atoms. The smallest absolute Gasteiger partial charge is 0.118 e. The minimum Gasteiger partial charge on any atom is -0.497 e. The van der Waals surface area contributed by atoms with E-state index in [4.69, 9.17) is 4.74 Å². The van der Waals surface area contributed by atoms with Crippen LogP contribution in [0.15, 0.2) is 54.6 Å². The van der Waals surface area contributed by atoms with Crippen LogP contribution in [0.1, 0.15) is 30.5 Å². The summed E-state index contributed by atoms with van der Waals surface area (Å²) in [7, 11) is 1.67. The fourth-order valence-corrected chi connectivity index (χ4v) is 2.31. The van der Waals surface area contributed by atoms with Gasteiger partial charge >= 0.3 is 0 Å². The topological polar surface area (TPSA) is 41.5 Å². The molecule has 21 heavy (non-hydrogen) atoms. The fourth-order valence-electron chi connectivity index (χ4n) is 2.31. The maximum absolute atomic E-state index is 9.42. The van der Waals surface area contributed by atoms with Crippen molar-refractivity contribution in [1.82, 2.24) is 5.32 Å². The highest BCUT2D eigenvalue weighted by Crippen LogP contribution is 2.24. The number of hydrogen-bond donors (Lipinski definition) is 2. The molecule has 0 radical (unpaired) electrons. The highest BCUT2D eigenvalue weighted by molar-refractivity contribution is 5.35. The summed E-state index contributed by atoms with van der Waals surface area (Å²) >= 11 is 0. The Kier molecular flexibility index (Phi) is 5.78. The lowest BCUT2D eigenvalue weighted by molar-refractivity contribution is 0.183. The lowest BCUT2D eigenvalue weighted by Crippen LogP contribution is -2.25. The Hall–Kier alpha value is -1.84. The summed E-state index contributed by atoms with van der Waals surface area (Å²) in [6.07, 6.45) is 0.448. The Labute approximate surface area is 126 Å². The van der Waals surface area contributed by atoms with E-state index in [-0.39, 0.29) is 12.1 Å². The molecule has 0 saturated carbocycles. The molecule has 0 saturated heterocycles. The van der Waals surface area contributed by atoms with Gasteiger partial charge in [0.25, 0.3) is 0 Å². The molecule has 2 aromatic carbocycles. The molecule has 0 aromatic heterocycles. The van der Waals surface area contributed by atoms with E-state index >= 15 is 0 Å². The van der Waals surface area contributed by atoms with E-state index < -0.39 is 0 Å². The molecule has 3 heteroatoms. The quantitative estimate of drug-likeness (QED) is 0.821. The van der Waals surface area contributed by atoms with E-state index in [1.165, 1.54) is 11.1 Å². The molecule has 0 aliphatic rings. The largest absolute Gasteiger partial charge is 0.497 e. The molecule has 0 heterocycles. The molecule has 2 aromatic rings. The Morgan fingerprint density at radius 3 is 2.19 bits per heavy atom. The summed E-state index contributed by atoms with van der Waals surface area (Å²) in [5.41, 5.74) is 2.40. The second-order valence-electron chi connectivity index (χ2n) is 5.21. The molecule has 0 aliphatic carbocycles. The molecule has 3 nitrogen and oxygen atoms in total. The van der Waals surface area contributed by atoms with Crippen molar-refractivity contribution in [3.05, 3.63) is 65.7 Å². The molecule has 2 rings (SSSR count). The van der Waals surface area contributed by atoms with Crippen molar-refractivity contribution in [3.63, 3.8) is 0 Å². The average molecular weight is 285 g/mol. The zero-order valence-electron chi connectivity index (χ0n) is 12.6. The standard InChI is InChI=1S/C18H23NO2/c1-14(20)12-13-19-18(15-6-4-3-5-7-15)16-8-10-17(21-2)11-9-16/h3-11,14,18-20H,12-13H2,1-2H3. The first-order valence-electron chi connectivity index (χ1n) is 7.31. The first kappa shape index (κ1) is 15.5. The van der Waals surface area contributed by atoms with Gasteiger partial charge in [0, 0.05) is 0 Å². The maximum atomic E-state index is 9.42. The summed E-state index contributed by atoms with van der Waals surface area (Å²) < 4.78 is 5.21. The molecule has 0 fully saturated rings. The molecule has 2 N–H and O–H groups in total. The number of aliphatic hydroxyl groups is 1. The minimum atomic E-state index is -0.287. The Balaban J connectivity index is 2.18. The number of hydrogen-bond acceptors (Lipinski definition) is 3. The van der Waals surface area contributed by atoms with Crippen LogP contribution < -0.4 is 10.1 Å². The third-order valence-corrected chi connectivity index (χ3v) is 3.49. The first-order chi connectivity index (χ1) is 10.2. The van der Waals surface area contributed by atoms with E-state index in [0.717, 1.165) is 18.7 Å². The summed E-state index contributed by atoms with van der Waals surface area (Å²) in [6, 6.07) is 18.6. The van der Waals surface area contributed by atoms with Crippen molar-refractivity contribution < 1.29 is 9.84 Å². The van der Waals surface area contributed by atoms with E-state index in [1.54, 1.807) is 7.11 Å². The normalized spacial score (nSPS) is 13.7. The average Bonchev–Trinajstić information content (AvgIpc) is 2.52. The van der Waals surface area contributed by atoms with E-state index in [9.17, 15) is 5.11 Å². The van der Waals surface area contributed by atoms with Crippen molar-refractivity contribution in [2.24, 2.45) is 0 Å². The maximum Gasteiger partial charge on any atom is 0.118 e. The minimum absolute atomic E-state index is 0.121. The van der Waals surface area contributed by atoms with Gasteiger partial charge in [0.2, 0.25) is 0 Å². The Morgan fingerprint density at radius 1 is 1.00 bits per heavy atom. The Bertz CT molecular complexity index is 523. The monoisotopic (exact) mass is 285 g/mol. The van der Waals surface area contributed by atoms with Gasteiger partial charge in [0.1, 0.15) is 5.75 Å². The number of rotatable bonds is 7. The first-order valence-corrected chi connectivity index (χ1v) is 7.31. The van der Waals surface area contributed by atoms with Gasteiger partial charge in [-0.25, -0.2) is 0 Å². The lowest BCUT2D eigenvalue weighted by Gasteiger charge is -2.20. The molecule has 0 amide bonds. The predicted octanol–water partition coefficient (Wildman–Crippen LogP) is 3.15. The fraction of sp³-hybridized carbons (Fsp3) is 0.333. The Morgan fingerprint density at radius 2 is 1.62 bits per heavy atom. The van der Waals surface area contributed by atoms with Gasteiger partial charge in [-0.3, -0.25) is 0 Å². The van der Waals surface area contributed by atoms with Gasteiger partial charge in [0.15, 0.2) is 0 Å². The van der Waals surface area contributed by atoms with Crippen LogP contribution >= 0.6 is 0 Å². The summed E-state index contributed by atoms with van der Waals surface area (Å²) in [5, 5.41) is 12.9. The van der Waals surface area contributed by atoms with E-state index in [1.807, 2.05) is 37.3 Å². The number of nitrogens with one attached hydrogen (secondary N) is 1. The molecule has 0 aliphatic heterocycles. The summed E-state index contributed by atoms with van der Waals surface area (Å²) in [5.74, 6) is 0.856. The van der Waals surface area contributed by atoms with Gasteiger partial charge in [-0.05, 0) is 43.1 Å². The summed E-state index contributed by atoms with van der Waals surface area (Å²) in [6.45, 7) is 2.58. The van der Waals surface area contributed by atoms with Crippen LogP contribution in [0, 0.1) is 0 Å². The molecule has 2 unspecified atom stereocenters. The van der Waals surface area contributed by atoms with Gasteiger partial charge in [-0.2, -0.15) is 0 Å². The van der Waals surface area contributed by atoms with Gasteiger partial charge in [-0.1, -0.05) is 42.5 Å². The van der Waals surface area contributed by atoms with Gasteiger partial charge < -0.3 is 15.2 Å². The van der Waals surface area contributed by atoms with Crippen LogP contribution in [-0.2, 0) is 0 Å². The molecule has 112 valence electrons. The molecular weight excluding hydrogens is 262 g/mol. The van der Waals surface area contributed by atoms with Gasteiger partial charge in [0.05, 0.1) is 19.3 Å². The number of benzene rings is 2. The van der Waals surface area contributed by atoms with E-state index in [0.29, 0.717) is 0 Å². The van der Waals surface area contributed by atoms with Crippen LogP contribution in [-0.4, -0.2) is 24.9 Å². The van der Waals surface area contributed by atoms with Crippen LogP contribution in [0.25, 0.3) is 0 Å². The van der Waals surface area contributed by atoms with Crippen molar-refractivity contribution in [2.45, 2.75) is 25.5 Å². The van der Waals surface area contributed by atoms with E-state index in [2.05, 4.69) is 29.6 Å². The third-order valence-electron chi connectivity index (χ3n) is 3.49. The van der Waals surface area contributed by atoms with Crippen LogP contribution in [0.2, 0.25) is 0 Å². The van der Waals surface area contributed by atoms with Crippen molar-refractivity contribution in [2.75, 3.05) is 13.7 Å². The number of aliphatic hydroxyl groups excluding tert-OH is 1. The zero-order chi connectivity index (χ0) is 15.1. The second-order valence-corrected chi connectivity index (χ2v) is 5.21. The van der Waals surface area contributed by atoms with Crippen LogP contribution in [0.4, 0.5) is 0 Å². The lowest BCUT2D eigenvalue weighted by atomic mass is 9.98. The third kappa shape index (κ3) is 4.59.